The van der Waals surface area contributed by atoms with E-state index in [0.29, 0.717) is 6.54 Å². The third kappa shape index (κ3) is 5.90. The number of rotatable bonds is 5. The molecule has 0 heterocycles. The third-order valence-electron chi connectivity index (χ3n) is 2.73. The van der Waals surface area contributed by atoms with E-state index in [1.165, 1.54) is 0 Å². The van der Waals surface area contributed by atoms with E-state index in [9.17, 15) is 12.9 Å². The first-order valence-electron chi connectivity index (χ1n) is 5.53. The molecule has 0 bridgehead atoms. The van der Waals surface area contributed by atoms with Crippen molar-refractivity contribution in [1.82, 2.24) is 4.90 Å². The molecule has 0 spiro atoms. The first-order valence-corrected chi connectivity index (χ1v) is 5.53. The maximum absolute atomic E-state index is 12.4. The van der Waals surface area contributed by atoms with Crippen LogP contribution < -0.4 is 51.4 Å². The molecule has 0 radical (unpaired) electrons. The summed E-state index contributed by atoms with van der Waals surface area (Å²) in [6, 6.07) is 9.48. The molecule has 1 aliphatic carbocycles. The summed E-state index contributed by atoms with van der Waals surface area (Å²) in [6.45, 7) is -4.31. The van der Waals surface area contributed by atoms with Crippen molar-refractivity contribution in [2.24, 2.45) is 0 Å². The molecule has 2 rings (SSSR count). The van der Waals surface area contributed by atoms with Gasteiger partial charge < -0.3 is 17.8 Å². The fourth-order valence-corrected chi connectivity index (χ4v) is 1.87. The average molecular weight is 267 g/mol. The molecule has 0 unspecified atom stereocenters. The topological polar surface area (TPSA) is 3.24 Å². The molecule has 0 saturated heterocycles. The second-order valence-electron chi connectivity index (χ2n) is 4.36. The van der Waals surface area contributed by atoms with Gasteiger partial charge in [-0.25, -0.2) is 0 Å². The Bertz CT molecular complexity index is 340. The van der Waals surface area contributed by atoms with Crippen LogP contribution in [0.15, 0.2) is 30.3 Å². The zero-order chi connectivity index (χ0) is 11.6. The second kappa shape index (κ2) is 6.73. The molecule has 0 atom stereocenters. The van der Waals surface area contributed by atoms with Crippen molar-refractivity contribution in [2.45, 2.75) is 25.4 Å². The molecule has 0 N–H and O–H groups in total. The zero-order valence-corrected chi connectivity index (χ0v) is 13.1. The predicted molar refractivity (Wildman–Crippen MR) is 59.0 cm³/mol. The molecule has 0 amide bonds. The number of halogens is 3. The monoisotopic (exact) mass is 267 g/mol. The van der Waals surface area contributed by atoms with Gasteiger partial charge in [0.1, 0.15) is 0 Å². The van der Waals surface area contributed by atoms with E-state index in [-0.39, 0.29) is 57.4 Å². The van der Waals surface area contributed by atoms with Crippen LogP contribution in [0.2, 0.25) is 0 Å². The molecular formula is C11H14BF3KN. The number of nitrogens with zero attached hydrogens (tertiary/aromatic N) is 1. The summed E-state index contributed by atoms with van der Waals surface area (Å²) in [5.74, 6) is 0. The van der Waals surface area contributed by atoms with Crippen molar-refractivity contribution in [3.8, 4) is 0 Å². The average Bonchev–Trinajstić information content (AvgIpc) is 2.99. The van der Waals surface area contributed by atoms with Crippen molar-refractivity contribution in [3.63, 3.8) is 0 Å². The number of benzene rings is 1. The van der Waals surface area contributed by atoms with E-state index < -0.39 is 13.4 Å². The molecule has 6 heteroatoms. The molecule has 1 aromatic rings. The standard InChI is InChI=1S/C11H14BF3N.K/c13-12(14,15)9-16(11-6-7-11)8-10-4-2-1-3-5-10;/h1-5,11H,6-9H2;/q-1;+1. The Labute approximate surface area is 142 Å². The van der Waals surface area contributed by atoms with Crippen LogP contribution in [0.4, 0.5) is 12.9 Å². The van der Waals surface area contributed by atoms with Crippen LogP contribution in [-0.2, 0) is 6.54 Å². The van der Waals surface area contributed by atoms with Crippen LogP contribution in [0, 0.1) is 0 Å². The Morgan fingerprint density at radius 3 is 2.18 bits per heavy atom. The summed E-state index contributed by atoms with van der Waals surface area (Å²) in [5, 5.41) is 0. The molecular weight excluding hydrogens is 253 g/mol. The maximum Gasteiger partial charge on any atom is 1.00 e. The van der Waals surface area contributed by atoms with Gasteiger partial charge in [0.05, 0.1) is 0 Å². The first-order chi connectivity index (χ1) is 7.54. The normalized spacial score (nSPS) is 15.8. The Morgan fingerprint density at radius 2 is 1.71 bits per heavy atom. The largest absolute Gasteiger partial charge is 1.00 e. The van der Waals surface area contributed by atoms with Gasteiger partial charge in [0.25, 0.3) is 0 Å². The van der Waals surface area contributed by atoms with E-state index in [0.717, 1.165) is 18.4 Å². The quantitative estimate of drug-likeness (QED) is 0.681. The molecule has 0 aromatic heterocycles. The molecule has 0 aliphatic heterocycles. The Balaban J connectivity index is 0.00000144. The van der Waals surface area contributed by atoms with Gasteiger partial charge in [0.2, 0.25) is 0 Å². The summed E-state index contributed by atoms with van der Waals surface area (Å²) < 4.78 is 37.3. The third-order valence-corrected chi connectivity index (χ3v) is 2.73. The van der Waals surface area contributed by atoms with Crippen LogP contribution in [0.1, 0.15) is 18.4 Å². The van der Waals surface area contributed by atoms with Crippen LogP contribution in [0.5, 0.6) is 0 Å². The zero-order valence-electron chi connectivity index (χ0n) is 9.95. The van der Waals surface area contributed by atoms with Crippen molar-refractivity contribution in [1.29, 1.82) is 0 Å². The second-order valence-corrected chi connectivity index (χ2v) is 4.36. The summed E-state index contributed by atoms with van der Waals surface area (Å²) >= 11 is 0. The van der Waals surface area contributed by atoms with Crippen molar-refractivity contribution in [3.05, 3.63) is 35.9 Å². The van der Waals surface area contributed by atoms with Crippen molar-refractivity contribution in [2.75, 3.05) is 6.44 Å². The summed E-state index contributed by atoms with van der Waals surface area (Å²) in [6.07, 6.45) is 1.07. The van der Waals surface area contributed by atoms with Crippen LogP contribution in [0.3, 0.4) is 0 Å². The Kier molecular flexibility index (Phi) is 6.22. The van der Waals surface area contributed by atoms with Gasteiger partial charge in [0.15, 0.2) is 0 Å². The molecule has 1 saturated carbocycles. The van der Waals surface area contributed by atoms with Crippen LogP contribution in [-0.4, -0.2) is 24.4 Å². The molecule has 1 fully saturated rings. The number of hydrogen-bond donors (Lipinski definition) is 0. The molecule has 1 aromatic carbocycles. The van der Waals surface area contributed by atoms with Crippen LogP contribution in [0.25, 0.3) is 0 Å². The van der Waals surface area contributed by atoms with E-state index in [2.05, 4.69) is 0 Å². The fourth-order valence-electron chi connectivity index (χ4n) is 1.87. The minimum Gasteiger partial charge on any atom is -0.448 e. The van der Waals surface area contributed by atoms with Gasteiger partial charge in [-0.3, -0.25) is 0 Å². The van der Waals surface area contributed by atoms with Crippen LogP contribution >= 0.6 is 0 Å². The minimum absolute atomic E-state index is 0. The summed E-state index contributed by atoms with van der Waals surface area (Å²) in [4.78, 5) is 1.55. The van der Waals surface area contributed by atoms with E-state index in [1.807, 2.05) is 30.3 Å². The van der Waals surface area contributed by atoms with Gasteiger partial charge in [-0.05, 0) is 24.8 Å². The van der Waals surface area contributed by atoms with Gasteiger partial charge in [0, 0.05) is 12.6 Å². The van der Waals surface area contributed by atoms with Gasteiger partial charge in [-0.1, -0.05) is 30.3 Å². The van der Waals surface area contributed by atoms with Gasteiger partial charge in [-0.2, -0.15) is 0 Å². The molecule has 1 nitrogen and oxygen atoms in total. The van der Waals surface area contributed by atoms with E-state index in [1.54, 1.807) is 4.90 Å². The van der Waals surface area contributed by atoms with E-state index >= 15 is 0 Å². The number of hydrogen-bond acceptors (Lipinski definition) is 1. The SMILES string of the molecule is F[B-](F)(F)CN(Cc1ccccc1)C1CC1.[K+]. The molecule has 1 aliphatic rings. The first kappa shape index (κ1) is 15.7. The van der Waals surface area contributed by atoms with E-state index in [4.69, 9.17) is 0 Å². The van der Waals surface area contributed by atoms with Gasteiger partial charge in [-0.15, -0.1) is 0 Å². The Morgan fingerprint density at radius 1 is 1.12 bits per heavy atom. The van der Waals surface area contributed by atoms with Crippen molar-refractivity contribution >= 4 is 6.98 Å². The minimum atomic E-state index is -4.72. The van der Waals surface area contributed by atoms with Gasteiger partial charge >= 0.3 is 58.4 Å². The fraction of sp³-hybridized carbons (Fsp3) is 0.455. The smallest absolute Gasteiger partial charge is 0.448 e. The summed E-state index contributed by atoms with van der Waals surface area (Å²) in [7, 11) is 0. The van der Waals surface area contributed by atoms with Crippen molar-refractivity contribution < 1.29 is 64.3 Å². The predicted octanol–water partition coefficient (Wildman–Crippen LogP) is 0.0416. The molecule has 17 heavy (non-hydrogen) atoms. The Hall–Kier alpha value is 0.671. The molecule has 88 valence electrons. The maximum atomic E-state index is 12.4. The summed E-state index contributed by atoms with van der Waals surface area (Å²) in [5.41, 5.74) is 0.953.